The van der Waals surface area contributed by atoms with Crippen LogP contribution in [-0.4, -0.2) is 65.9 Å². The molecule has 1 saturated heterocycles. The van der Waals surface area contributed by atoms with Crippen LogP contribution < -0.4 is 10.5 Å². The van der Waals surface area contributed by atoms with E-state index in [1.807, 2.05) is 0 Å². The van der Waals surface area contributed by atoms with E-state index >= 15 is 0 Å². The molecule has 0 radical (unpaired) electrons. The van der Waals surface area contributed by atoms with Gasteiger partial charge in [0.15, 0.2) is 0 Å². The van der Waals surface area contributed by atoms with Gasteiger partial charge in [0.2, 0.25) is 11.8 Å². The third kappa shape index (κ3) is 4.66. The van der Waals surface area contributed by atoms with E-state index in [9.17, 15) is 19.7 Å². The van der Waals surface area contributed by atoms with Gasteiger partial charge in [-0.2, -0.15) is 0 Å². The van der Waals surface area contributed by atoms with E-state index in [1.54, 1.807) is 9.80 Å². The van der Waals surface area contributed by atoms with Crippen molar-refractivity contribution in [2.24, 2.45) is 5.73 Å². The van der Waals surface area contributed by atoms with Crippen molar-refractivity contribution in [2.45, 2.75) is 6.42 Å². The van der Waals surface area contributed by atoms with Crippen LogP contribution in [0, 0.1) is 10.1 Å². The molecule has 0 bridgehead atoms. The summed E-state index contributed by atoms with van der Waals surface area (Å²) < 4.78 is 5.43. The molecule has 2 amide bonds. The first-order valence-electron chi connectivity index (χ1n) is 7.64. The molecule has 1 aromatic carbocycles. The summed E-state index contributed by atoms with van der Waals surface area (Å²) in [4.78, 5) is 37.0. The van der Waals surface area contributed by atoms with Gasteiger partial charge in [-0.1, -0.05) is 0 Å². The van der Waals surface area contributed by atoms with Gasteiger partial charge in [-0.25, -0.2) is 0 Å². The molecule has 9 nitrogen and oxygen atoms in total. The number of nitrogens with zero attached hydrogens (tertiary/aromatic N) is 3. The smallest absolute Gasteiger partial charge is 0.269 e. The number of nitrogens with two attached hydrogens (primary N) is 1. The van der Waals surface area contributed by atoms with Gasteiger partial charge in [-0.05, 0) is 12.1 Å². The lowest BCUT2D eigenvalue weighted by Crippen LogP contribution is -2.52. The number of non-ortho nitro benzene ring substituents is 1. The van der Waals surface area contributed by atoms with Gasteiger partial charge in [0, 0.05) is 38.3 Å². The second-order valence-electron chi connectivity index (χ2n) is 5.32. The van der Waals surface area contributed by atoms with Gasteiger partial charge in [0.05, 0.1) is 24.5 Å². The van der Waals surface area contributed by atoms with Crippen LogP contribution in [0.2, 0.25) is 0 Å². The Bertz CT molecular complexity index is 596. The molecule has 1 aliphatic heterocycles. The van der Waals surface area contributed by atoms with Crippen LogP contribution in [0.3, 0.4) is 0 Å². The van der Waals surface area contributed by atoms with Crippen molar-refractivity contribution in [1.82, 2.24) is 9.80 Å². The highest BCUT2D eigenvalue weighted by molar-refractivity contribution is 5.79. The maximum atomic E-state index is 12.1. The summed E-state index contributed by atoms with van der Waals surface area (Å²) in [5.74, 6) is 0.326. The van der Waals surface area contributed by atoms with Gasteiger partial charge in [-0.3, -0.25) is 19.7 Å². The first-order chi connectivity index (χ1) is 11.5. The molecule has 0 spiro atoms. The first-order valence-corrected chi connectivity index (χ1v) is 7.64. The number of ether oxygens (including phenoxy) is 1. The van der Waals surface area contributed by atoms with E-state index in [4.69, 9.17) is 10.5 Å². The van der Waals surface area contributed by atoms with Crippen molar-refractivity contribution >= 4 is 17.5 Å². The SMILES string of the molecule is NCC(=O)N1CCN(C(=O)CCOc2ccc([N+](=O)[O-])cc2)CC1. The van der Waals surface area contributed by atoms with E-state index in [0.717, 1.165) is 0 Å². The number of piperazine rings is 1. The Balaban J connectivity index is 1.72. The van der Waals surface area contributed by atoms with Crippen LogP contribution >= 0.6 is 0 Å². The Morgan fingerprint density at radius 2 is 1.62 bits per heavy atom. The van der Waals surface area contributed by atoms with Crippen molar-refractivity contribution in [2.75, 3.05) is 39.3 Å². The molecule has 0 atom stereocenters. The highest BCUT2D eigenvalue weighted by Crippen LogP contribution is 2.17. The summed E-state index contributed by atoms with van der Waals surface area (Å²) in [6.07, 6.45) is 0.210. The first kappa shape index (κ1) is 17.7. The lowest BCUT2D eigenvalue weighted by molar-refractivity contribution is -0.384. The lowest BCUT2D eigenvalue weighted by Gasteiger charge is -2.34. The largest absolute Gasteiger partial charge is 0.493 e. The number of nitro benzene ring substituents is 1. The Labute approximate surface area is 139 Å². The maximum absolute atomic E-state index is 12.1. The van der Waals surface area contributed by atoms with E-state index in [1.165, 1.54) is 24.3 Å². The number of hydrogen-bond donors (Lipinski definition) is 1. The summed E-state index contributed by atoms with van der Waals surface area (Å²) >= 11 is 0. The summed E-state index contributed by atoms with van der Waals surface area (Å²) in [6, 6.07) is 5.70. The van der Waals surface area contributed by atoms with E-state index in [-0.39, 0.29) is 37.1 Å². The molecule has 0 aromatic heterocycles. The Morgan fingerprint density at radius 1 is 1.08 bits per heavy atom. The average molecular weight is 336 g/mol. The van der Waals surface area contributed by atoms with Crippen LogP contribution in [0.15, 0.2) is 24.3 Å². The minimum Gasteiger partial charge on any atom is -0.493 e. The zero-order valence-electron chi connectivity index (χ0n) is 13.2. The summed E-state index contributed by atoms with van der Waals surface area (Å²) in [5, 5.41) is 10.6. The van der Waals surface area contributed by atoms with Crippen LogP contribution in [0.25, 0.3) is 0 Å². The molecular weight excluding hydrogens is 316 g/mol. The van der Waals surface area contributed by atoms with Gasteiger partial charge >= 0.3 is 0 Å². The molecule has 1 aliphatic rings. The van der Waals surface area contributed by atoms with Crippen molar-refractivity contribution in [3.8, 4) is 5.75 Å². The van der Waals surface area contributed by atoms with Crippen LogP contribution in [-0.2, 0) is 9.59 Å². The quantitative estimate of drug-likeness (QED) is 0.576. The van der Waals surface area contributed by atoms with Crippen molar-refractivity contribution in [3.63, 3.8) is 0 Å². The van der Waals surface area contributed by atoms with Crippen LogP contribution in [0.1, 0.15) is 6.42 Å². The zero-order valence-corrected chi connectivity index (χ0v) is 13.2. The molecule has 1 heterocycles. The van der Waals surface area contributed by atoms with Gasteiger partial charge in [-0.15, -0.1) is 0 Å². The average Bonchev–Trinajstić information content (AvgIpc) is 2.61. The van der Waals surface area contributed by atoms with Gasteiger partial charge in [0.25, 0.3) is 5.69 Å². The molecule has 0 aliphatic carbocycles. The number of rotatable bonds is 6. The topological polar surface area (TPSA) is 119 Å². The highest BCUT2D eigenvalue weighted by Gasteiger charge is 2.23. The predicted octanol–water partition coefficient (Wildman–Crippen LogP) is -0.00680. The molecule has 2 N–H and O–H groups in total. The highest BCUT2D eigenvalue weighted by atomic mass is 16.6. The molecule has 1 fully saturated rings. The normalized spacial score (nSPS) is 14.4. The molecule has 0 unspecified atom stereocenters. The molecule has 2 rings (SSSR count). The van der Waals surface area contributed by atoms with E-state index in [2.05, 4.69) is 0 Å². The fraction of sp³-hybridized carbons (Fsp3) is 0.467. The number of hydrogen-bond acceptors (Lipinski definition) is 6. The third-order valence-electron chi connectivity index (χ3n) is 3.79. The van der Waals surface area contributed by atoms with E-state index in [0.29, 0.717) is 31.9 Å². The monoisotopic (exact) mass is 336 g/mol. The molecular formula is C15H20N4O5. The Hall–Kier alpha value is -2.68. The van der Waals surface area contributed by atoms with Crippen molar-refractivity contribution < 1.29 is 19.2 Å². The molecule has 24 heavy (non-hydrogen) atoms. The maximum Gasteiger partial charge on any atom is 0.269 e. The molecule has 130 valence electrons. The fourth-order valence-electron chi connectivity index (χ4n) is 2.41. The standard InChI is InChI=1S/C15H20N4O5/c16-11-15(21)18-8-6-17(7-9-18)14(20)5-10-24-13-3-1-12(2-4-13)19(22)23/h1-4H,5-11,16H2. The summed E-state index contributed by atoms with van der Waals surface area (Å²) in [7, 11) is 0. The number of benzene rings is 1. The number of amides is 2. The minimum atomic E-state index is -0.484. The third-order valence-corrected chi connectivity index (χ3v) is 3.79. The number of carbonyl (C=O) groups excluding carboxylic acids is 2. The Kier molecular flexibility index (Phi) is 6.07. The van der Waals surface area contributed by atoms with Crippen LogP contribution in [0.4, 0.5) is 5.69 Å². The summed E-state index contributed by atoms with van der Waals surface area (Å²) in [5.41, 5.74) is 5.31. The minimum absolute atomic E-state index is 0.0108. The Morgan fingerprint density at radius 3 is 2.12 bits per heavy atom. The van der Waals surface area contributed by atoms with Gasteiger partial charge in [0.1, 0.15) is 5.75 Å². The number of nitro groups is 1. The zero-order chi connectivity index (χ0) is 17.5. The number of carbonyl (C=O) groups is 2. The van der Waals surface area contributed by atoms with E-state index < -0.39 is 4.92 Å². The van der Waals surface area contributed by atoms with Crippen LogP contribution in [0.5, 0.6) is 5.75 Å². The second-order valence-corrected chi connectivity index (χ2v) is 5.32. The van der Waals surface area contributed by atoms with Crippen molar-refractivity contribution in [3.05, 3.63) is 34.4 Å². The molecule has 9 heteroatoms. The molecule has 0 saturated carbocycles. The predicted molar refractivity (Wildman–Crippen MR) is 85.4 cm³/mol. The molecule has 1 aromatic rings. The fourth-order valence-corrected chi connectivity index (χ4v) is 2.41. The van der Waals surface area contributed by atoms with Gasteiger partial charge < -0.3 is 20.3 Å². The van der Waals surface area contributed by atoms with Crippen molar-refractivity contribution in [1.29, 1.82) is 0 Å². The lowest BCUT2D eigenvalue weighted by atomic mass is 10.2. The summed E-state index contributed by atoms with van der Waals surface area (Å²) in [6.45, 7) is 2.13. The second kappa shape index (κ2) is 8.25.